The van der Waals surface area contributed by atoms with Crippen LogP contribution < -0.4 is 10.2 Å². The summed E-state index contributed by atoms with van der Waals surface area (Å²) in [6.45, 7) is 2.13. The molecule has 0 aliphatic rings. The molecule has 0 rings (SSSR count). The van der Waals surface area contributed by atoms with E-state index in [0.29, 0.717) is 6.42 Å². The summed E-state index contributed by atoms with van der Waals surface area (Å²) >= 11 is 0. The molecule has 0 aliphatic carbocycles. The zero-order chi connectivity index (χ0) is 12.4. The van der Waals surface area contributed by atoms with E-state index >= 15 is 0 Å². The van der Waals surface area contributed by atoms with Gasteiger partial charge in [-0.25, -0.2) is 0 Å². The van der Waals surface area contributed by atoms with E-state index in [1.807, 2.05) is 0 Å². The molecule has 4 heteroatoms. The lowest BCUT2D eigenvalue weighted by Gasteiger charge is -2.18. The maximum atomic E-state index is 10.6. The maximum Gasteiger partial charge on any atom is 0.0449 e. The summed E-state index contributed by atoms with van der Waals surface area (Å²) in [5.74, 6) is -3.49. The predicted octanol–water partition coefficient (Wildman–Crippen LogP) is 0.243. The van der Waals surface area contributed by atoms with Gasteiger partial charge >= 0.3 is 0 Å². The van der Waals surface area contributed by atoms with Crippen LogP contribution >= 0.6 is 0 Å². The van der Waals surface area contributed by atoms with E-state index in [4.69, 9.17) is 0 Å². The fourth-order valence-corrected chi connectivity index (χ4v) is 1.68. The highest BCUT2D eigenvalue weighted by Gasteiger charge is 2.09. The van der Waals surface area contributed by atoms with Gasteiger partial charge in [0, 0.05) is 17.9 Å². The van der Waals surface area contributed by atoms with E-state index in [2.05, 4.69) is 6.92 Å². The third kappa shape index (κ3) is 8.26. The molecule has 0 fully saturated rings. The Balaban J connectivity index is 3.60. The van der Waals surface area contributed by atoms with Crippen LogP contribution in [0.1, 0.15) is 58.3 Å². The lowest BCUT2D eigenvalue weighted by Crippen LogP contribution is -2.36. The minimum absolute atomic E-state index is 0.377. The minimum atomic E-state index is -1.32. The molecule has 0 heterocycles. The monoisotopic (exact) mass is 228 g/mol. The third-order valence-corrected chi connectivity index (χ3v) is 2.65. The molecule has 1 atom stereocenters. The van der Waals surface area contributed by atoms with E-state index in [0.717, 1.165) is 25.7 Å². The number of hydrogen-bond donors (Lipinski definition) is 0. The average Bonchev–Trinajstić information content (AvgIpc) is 2.20. The largest absolute Gasteiger partial charge is 0.550 e. The molecule has 0 radical (unpaired) electrons. The van der Waals surface area contributed by atoms with Crippen molar-refractivity contribution in [2.24, 2.45) is 5.92 Å². The molecule has 0 spiro atoms. The number of carbonyl (C=O) groups is 2. The van der Waals surface area contributed by atoms with Crippen molar-refractivity contribution in [2.45, 2.75) is 58.3 Å². The van der Waals surface area contributed by atoms with Gasteiger partial charge in [-0.15, -0.1) is 0 Å². The van der Waals surface area contributed by atoms with E-state index < -0.39 is 24.3 Å². The molecule has 16 heavy (non-hydrogen) atoms. The molecule has 0 aliphatic heterocycles. The Morgan fingerprint density at radius 3 is 2.06 bits per heavy atom. The average molecular weight is 228 g/mol. The van der Waals surface area contributed by atoms with Crippen molar-refractivity contribution < 1.29 is 19.8 Å². The standard InChI is InChI=1S/C12H22O4/c1-2-3-4-5-6-7-8-10(12(15)16)9-11(13)14/h10H,2-9H2,1H3,(H,13,14)(H,15,16)/p-2. The van der Waals surface area contributed by atoms with Crippen LogP contribution in [0.3, 0.4) is 0 Å². The van der Waals surface area contributed by atoms with Crippen molar-refractivity contribution in [3.8, 4) is 0 Å². The molecule has 0 aromatic carbocycles. The molecule has 4 nitrogen and oxygen atoms in total. The van der Waals surface area contributed by atoms with Crippen LogP contribution in [-0.2, 0) is 9.59 Å². The van der Waals surface area contributed by atoms with Gasteiger partial charge in [0.25, 0.3) is 0 Å². The van der Waals surface area contributed by atoms with Crippen molar-refractivity contribution in [3.63, 3.8) is 0 Å². The van der Waals surface area contributed by atoms with E-state index in [9.17, 15) is 19.8 Å². The van der Waals surface area contributed by atoms with E-state index in [-0.39, 0.29) is 0 Å². The van der Waals surface area contributed by atoms with Gasteiger partial charge in [0.05, 0.1) is 0 Å². The molecular formula is C12H20O4-2. The number of rotatable bonds is 10. The van der Waals surface area contributed by atoms with Gasteiger partial charge < -0.3 is 19.8 Å². The molecule has 0 aromatic rings. The predicted molar refractivity (Wildman–Crippen MR) is 56.1 cm³/mol. The van der Waals surface area contributed by atoms with Crippen LogP contribution in [0.25, 0.3) is 0 Å². The minimum Gasteiger partial charge on any atom is -0.550 e. The summed E-state index contributed by atoms with van der Waals surface area (Å²) in [4.78, 5) is 20.9. The fourth-order valence-electron chi connectivity index (χ4n) is 1.68. The summed E-state index contributed by atoms with van der Waals surface area (Å²) in [6, 6.07) is 0. The number of aliphatic carboxylic acids is 2. The topological polar surface area (TPSA) is 80.3 Å². The summed E-state index contributed by atoms with van der Waals surface area (Å²) in [7, 11) is 0. The summed E-state index contributed by atoms with van der Waals surface area (Å²) in [5, 5.41) is 20.9. The molecule has 1 unspecified atom stereocenters. The Morgan fingerprint density at radius 1 is 1.00 bits per heavy atom. The maximum absolute atomic E-state index is 10.6. The second kappa shape index (κ2) is 9.19. The molecule has 0 aromatic heterocycles. The zero-order valence-corrected chi connectivity index (χ0v) is 9.87. The van der Waals surface area contributed by atoms with Crippen LogP contribution in [0.15, 0.2) is 0 Å². The quantitative estimate of drug-likeness (QED) is 0.502. The first-order valence-electron chi connectivity index (χ1n) is 5.98. The summed E-state index contributed by atoms with van der Waals surface area (Å²) in [5.41, 5.74) is 0. The number of carbonyl (C=O) groups excluding carboxylic acids is 2. The Morgan fingerprint density at radius 2 is 1.56 bits per heavy atom. The summed E-state index contributed by atoms with van der Waals surface area (Å²) in [6.07, 6.45) is 6.26. The number of unbranched alkanes of at least 4 members (excludes halogenated alkanes) is 5. The molecule has 0 N–H and O–H groups in total. The number of carboxylic acid groups (broad SMARTS) is 2. The second-order valence-corrected chi connectivity index (χ2v) is 4.15. The van der Waals surface area contributed by atoms with Gasteiger partial charge in [0.15, 0.2) is 0 Å². The van der Waals surface area contributed by atoms with Gasteiger partial charge in [-0.2, -0.15) is 0 Å². The smallest absolute Gasteiger partial charge is 0.0449 e. The van der Waals surface area contributed by atoms with Crippen molar-refractivity contribution in [1.82, 2.24) is 0 Å². The van der Waals surface area contributed by atoms with Gasteiger partial charge in [0.1, 0.15) is 0 Å². The van der Waals surface area contributed by atoms with Gasteiger partial charge in [-0.05, 0) is 12.8 Å². The first kappa shape index (κ1) is 14.9. The summed E-state index contributed by atoms with van der Waals surface area (Å²) < 4.78 is 0. The van der Waals surface area contributed by atoms with Crippen LogP contribution in [-0.4, -0.2) is 11.9 Å². The second-order valence-electron chi connectivity index (χ2n) is 4.15. The lowest BCUT2D eigenvalue weighted by atomic mass is 9.97. The van der Waals surface area contributed by atoms with Crippen molar-refractivity contribution in [1.29, 1.82) is 0 Å². The number of hydrogen-bond acceptors (Lipinski definition) is 4. The van der Waals surface area contributed by atoms with Gasteiger partial charge in [-0.3, -0.25) is 0 Å². The molecular weight excluding hydrogens is 208 g/mol. The Bertz CT molecular complexity index is 213. The number of carboxylic acids is 2. The highest BCUT2D eigenvalue weighted by Crippen LogP contribution is 2.14. The Hall–Kier alpha value is -1.06. The van der Waals surface area contributed by atoms with Gasteiger partial charge in [-0.1, -0.05) is 45.4 Å². The molecule has 94 valence electrons. The fraction of sp³-hybridized carbons (Fsp3) is 0.833. The van der Waals surface area contributed by atoms with E-state index in [1.165, 1.54) is 12.8 Å². The first-order valence-corrected chi connectivity index (χ1v) is 5.98. The Labute approximate surface area is 96.7 Å². The highest BCUT2D eigenvalue weighted by molar-refractivity contribution is 5.75. The zero-order valence-electron chi connectivity index (χ0n) is 9.87. The Kier molecular flexibility index (Phi) is 8.58. The SMILES string of the molecule is CCCCCCCCC(CC(=O)[O-])C(=O)[O-]. The first-order chi connectivity index (χ1) is 7.57. The van der Waals surface area contributed by atoms with E-state index in [1.54, 1.807) is 0 Å². The normalized spacial score (nSPS) is 12.3. The van der Waals surface area contributed by atoms with Gasteiger partial charge in [0.2, 0.25) is 0 Å². The van der Waals surface area contributed by atoms with Crippen LogP contribution in [0, 0.1) is 5.92 Å². The molecule has 0 saturated heterocycles. The third-order valence-electron chi connectivity index (χ3n) is 2.65. The van der Waals surface area contributed by atoms with Crippen molar-refractivity contribution in [2.75, 3.05) is 0 Å². The molecule has 0 bridgehead atoms. The van der Waals surface area contributed by atoms with Crippen LogP contribution in [0.4, 0.5) is 0 Å². The molecule has 0 amide bonds. The van der Waals surface area contributed by atoms with Crippen LogP contribution in [0.5, 0.6) is 0 Å². The lowest BCUT2D eigenvalue weighted by molar-refractivity contribution is -0.321. The van der Waals surface area contributed by atoms with Crippen LogP contribution in [0.2, 0.25) is 0 Å². The van der Waals surface area contributed by atoms with Crippen molar-refractivity contribution >= 4 is 11.9 Å². The highest BCUT2D eigenvalue weighted by atomic mass is 16.4. The molecule has 0 saturated carbocycles. The van der Waals surface area contributed by atoms with Crippen molar-refractivity contribution in [3.05, 3.63) is 0 Å².